The highest BCUT2D eigenvalue weighted by molar-refractivity contribution is 5.69. The minimum atomic E-state index is -0.812. The molecule has 0 aromatic rings. The molecule has 1 aliphatic rings. The number of carbonyl (C=O) groups is 2. The maximum atomic E-state index is 11.8. The molecule has 2 N–H and O–H groups in total. The molecule has 0 atom stereocenters. The summed E-state index contributed by atoms with van der Waals surface area (Å²) >= 11 is 0. The van der Waals surface area contributed by atoms with Crippen molar-refractivity contribution in [2.24, 2.45) is 11.3 Å². The Balaban J connectivity index is 2.60. The number of ether oxygens (including phenoxy) is 1. The summed E-state index contributed by atoms with van der Waals surface area (Å²) in [6.07, 6.45) is 6.09. The van der Waals surface area contributed by atoms with Crippen LogP contribution in [0.3, 0.4) is 0 Å². The Morgan fingerprint density at radius 2 is 1.95 bits per heavy atom. The van der Waals surface area contributed by atoms with Gasteiger partial charge in [-0.1, -0.05) is 6.08 Å². The Morgan fingerprint density at radius 3 is 2.41 bits per heavy atom. The van der Waals surface area contributed by atoms with Crippen LogP contribution in [-0.2, 0) is 9.53 Å². The fourth-order valence-electron chi connectivity index (χ4n) is 3.07. The first-order valence-corrected chi connectivity index (χ1v) is 7.95. The van der Waals surface area contributed by atoms with Gasteiger partial charge in [0, 0.05) is 6.54 Å². The van der Waals surface area contributed by atoms with Gasteiger partial charge in [0.05, 0.1) is 6.42 Å². The normalized spacial score (nSPS) is 25.3. The third-order valence-corrected chi connectivity index (χ3v) is 4.20. The van der Waals surface area contributed by atoms with Gasteiger partial charge in [-0.2, -0.15) is 0 Å². The predicted octanol–water partition coefficient (Wildman–Crippen LogP) is 3.74. The molecule has 1 aliphatic carbocycles. The Labute approximate surface area is 133 Å². The number of rotatable bonds is 6. The van der Waals surface area contributed by atoms with E-state index in [-0.39, 0.29) is 11.8 Å². The topological polar surface area (TPSA) is 75.6 Å². The molecule has 0 spiro atoms. The summed E-state index contributed by atoms with van der Waals surface area (Å²) in [7, 11) is 0. The molecule has 0 unspecified atom stereocenters. The van der Waals surface area contributed by atoms with E-state index in [4.69, 9.17) is 4.74 Å². The summed E-state index contributed by atoms with van der Waals surface area (Å²) in [5.74, 6) is -0.228. The summed E-state index contributed by atoms with van der Waals surface area (Å²) in [5, 5.41) is 11.9. The molecule has 22 heavy (non-hydrogen) atoms. The first kappa shape index (κ1) is 18.5. The van der Waals surface area contributed by atoms with Crippen molar-refractivity contribution >= 4 is 12.1 Å². The van der Waals surface area contributed by atoms with E-state index in [0.717, 1.165) is 32.1 Å². The quantitative estimate of drug-likeness (QED) is 0.733. The molecule has 0 bridgehead atoms. The first-order chi connectivity index (χ1) is 10.2. The van der Waals surface area contributed by atoms with Crippen molar-refractivity contribution < 1.29 is 19.4 Å². The van der Waals surface area contributed by atoms with Gasteiger partial charge in [-0.15, -0.1) is 6.58 Å². The number of carboxylic acids is 1. The predicted molar refractivity (Wildman–Crippen MR) is 85.7 cm³/mol. The second-order valence-corrected chi connectivity index (χ2v) is 7.39. The molecule has 0 aliphatic heterocycles. The highest BCUT2D eigenvalue weighted by Gasteiger charge is 2.37. The van der Waals surface area contributed by atoms with Crippen LogP contribution in [0.5, 0.6) is 0 Å². The van der Waals surface area contributed by atoms with Crippen LogP contribution < -0.4 is 5.32 Å². The molecular formula is C17H29NO4. The number of aliphatic carboxylic acids is 1. The molecule has 0 saturated heterocycles. The number of alkyl carbamates (subject to hydrolysis) is 1. The first-order valence-electron chi connectivity index (χ1n) is 7.95. The lowest BCUT2D eigenvalue weighted by Gasteiger charge is -2.39. The highest BCUT2D eigenvalue weighted by atomic mass is 16.6. The van der Waals surface area contributed by atoms with Crippen LogP contribution in [0.2, 0.25) is 0 Å². The molecule has 1 saturated carbocycles. The fourth-order valence-corrected chi connectivity index (χ4v) is 3.07. The van der Waals surface area contributed by atoms with Crippen LogP contribution in [0, 0.1) is 11.3 Å². The third-order valence-electron chi connectivity index (χ3n) is 4.20. The Morgan fingerprint density at radius 1 is 1.36 bits per heavy atom. The lowest BCUT2D eigenvalue weighted by atomic mass is 9.68. The summed E-state index contributed by atoms with van der Waals surface area (Å²) in [6.45, 7) is 9.54. The number of carbonyl (C=O) groups excluding carboxylic acids is 1. The second-order valence-electron chi connectivity index (χ2n) is 7.39. The molecule has 0 radical (unpaired) electrons. The van der Waals surface area contributed by atoms with Crippen LogP contribution in [0.15, 0.2) is 12.7 Å². The van der Waals surface area contributed by atoms with Gasteiger partial charge in [0.25, 0.3) is 0 Å². The van der Waals surface area contributed by atoms with Crippen molar-refractivity contribution in [1.82, 2.24) is 5.32 Å². The van der Waals surface area contributed by atoms with Crippen molar-refractivity contribution in [3.63, 3.8) is 0 Å². The Hall–Kier alpha value is -1.52. The summed E-state index contributed by atoms with van der Waals surface area (Å²) in [5.41, 5.74) is -0.911. The molecule has 126 valence electrons. The summed E-state index contributed by atoms with van der Waals surface area (Å²) in [4.78, 5) is 23.0. The van der Waals surface area contributed by atoms with Gasteiger partial charge in [-0.05, 0) is 64.2 Å². The fraction of sp³-hybridized carbons (Fsp3) is 0.765. The average molecular weight is 311 g/mol. The van der Waals surface area contributed by atoms with Crippen molar-refractivity contribution in [2.45, 2.75) is 64.9 Å². The maximum absolute atomic E-state index is 11.8. The van der Waals surface area contributed by atoms with E-state index < -0.39 is 17.7 Å². The molecule has 0 aromatic carbocycles. The van der Waals surface area contributed by atoms with Crippen LogP contribution in [-0.4, -0.2) is 29.3 Å². The molecule has 0 heterocycles. The molecule has 5 nitrogen and oxygen atoms in total. The number of amides is 1. The maximum Gasteiger partial charge on any atom is 0.407 e. The number of allylic oxidation sites excluding steroid dienone is 1. The van der Waals surface area contributed by atoms with Crippen LogP contribution in [0.1, 0.15) is 59.3 Å². The van der Waals surface area contributed by atoms with E-state index in [1.165, 1.54) is 0 Å². The van der Waals surface area contributed by atoms with Crippen LogP contribution in [0.4, 0.5) is 4.79 Å². The molecule has 5 heteroatoms. The SMILES string of the molecule is C=CCC1CCC(CNC(=O)OC(C)(C)C)(CC(=O)O)CC1. The van der Waals surface area contributed by atoms with E-state index in [0.29, 0.717) is 12.5 Å². The zero-order valence-electron chi connectivity index (χ0n) is 14.0. The monoisotopic (exact) mass is 311 g/mol. The van der Waals surface area contributed by atoms with E-state index in [9.17, 15) is 14.7 Å². The van der Waals surface area contributed by atoms with Gasteiger partial charge < -0.3 is 15.2 Å². The van der Waals surface area contributed by atoms with Crippen LogP contribution >= 0.6 is 0 Å². The largest absolute Gasteiger partial charge is 0.481 e. The van der Waals surface area contributed by atoms with Crippen molar-refractivity contribution in [3.8, 4) is 0 Å². The lowest BCUT2D eigenvalue weighted by Crippen LogP contribution is -2.43. The standard InChI is InChI=1S/C17H29NO4/c1-5-6-13-7-9-17(10-8-13,11-14(19)20)12-18-15(21)22-16(2,3)4/h5,13H,1,6-12H2,2-4H3,(H,18,21)(H,19,20). The zero-order chi connectivity index (χ0) is 16.8. The molecule has 0 aromatic heterocycles. The summed E-state index contributed by atoms with van der Waals surface area (Å²) < 4.78 is 5.23. The summed E-state index contributed by atoms with van der Waals surface area (Å²) in [6, 6.07) is 0. The van der Waals surface area contributed by atoms with Crippen molar-refractivity contribution in [3.05, 3.63) is 12.7 Å². The third kappa shape index (κ3) is 6.50. The van der Waals surface area contributed by atoms with Gasteiger partial charge in [-0.3, -0.25) is 4.79 Å². The Kier molecular flexibility index (Phi) is 6.45. The van der Waals surface area contributed by atoms with E-state index in [1.807, 2.05) is 6.08 Å². The second kappa shape index (κ2) is 7.65. The van der Waals surface area contributed by atoms with Gasteiger partial charge in [0.15, 0.2) is 0 Å². The number of hydrogen-bond donors (Lipinski definition) is 2. The van der Waals surface area contributed by atoms with Crippen molar-refractivity contribution in [2.75, 3.05) is 6.54 Å². The molecule has 1 amide bonds. The molecule has 1 fully saturated rings. The minimum Gasteiger partial charge on any atom is -0.481 e. The van der Waals surface area contributed by atoms with E-state index in [1.54, 1.807) is 20.8 Å². The Bertz CT molecular complexity index is 403. The van der Waals surface area contributed by atoms with Crippen molar-refractivity contribution in [1.29, 1.82) is 0 Å². The lowest BCUT2D eigenvalue weighted by molar-refractivity contribution is -0.140. The average Bonchev–Trinajstić information content (AvgIpc) is 2.37. The van der Waals surface area contributed by atoms with Crippen LogP contribution in [0.25, 0.3) is 0 Å². The number of carboxylic acid groups (broad SMARTS) is 1. The highest BCUT2D eigenvalue weighted by Crippen LogP contribution is 2.42. The smallest absolute Gasteiger partial charge is 0.407 e. The number of nitrogens with one attached hydrogen (secondary N) is 1. The van der Waals surface area contributed by atoms with E-state index >= 15 is 0 Å². The molecule has 1 rings (SSSR count). The zero-order valence-corrected chi connectivity index (χ0v) is 14.0. The van der Waals surface area contributed by atoms with Gasteiger partial charge in [-0.25, -0.2) is 4.79 Å². The minimum absolute atomic E-state index is 0.0869. The van der Waals surface area contributed by atoms with Gasteiger partial charge in [0.2, 0.25) is 0 Å². The van der Waals surface area contributed by atoms with Gasteiger partial charge >= 0.3 is 12.1 Å². The molecular weight excluding hydrogens is 282 g/mol. The van der Waals surface area contributed by atoms with E-state index in [2.05, 4.69) is 11.9 Å². The van der Waals surface area contributed by atoms with Gasteiger partial charge in [0.1, 0.15) is 5.60 Å². The number of hydrogen-bond acceptors (Lipinski definition) is 3.